The zero-order chi connectivity index (χ0) is 16.1. The molecule has 4 nitrogen and oxygen atoms in total. The van der Waals surface area contributed by atoms with Crippen LogP contribution in [0.5, 0.6) is 0 Å². The van der Waals surface area contributed by atoms with Gasteiger partial charge in [0.15, 0.2) is 5.11 Å². The van der Waals surface area contributed by atoms with Crippen molar-refractivity contribution in [3.63, 3.8) is 0 Å². The maximum Gasteiger partial charge on any atom is 0.173 e. The van der Waals surface area contributed by atoms with Gasteiger partial charge in [-0.1, -0.05) is 17.7 Å². The number of rotatable bonds is 3. The van der Waals surface area contributed by atoms with Gasteiger partial charge in [0.2, 0.25) is 0 Å². The first-order valence-corrected chi connectivity index (χ1v) is 8.42. The summed E-state index contributed by atoms with van der Waals surface area (Å²) >= 11 is 11.5. The molecule has 1 N–H and O–H groups in total. The van der Waals surface area contributed by atoms with E-state index < -0.39 is 0 Å². The lowest BCUT2D eigenvalue weighted by Crippen LogP contribution is -2.49. The Balaban J connectivity index is 1.49. The van der Waals surface area contributed by atoms with E-state index in [1.165, 1.54) is 5.56 Å². The molecule has 0 atom stereocenters. The van der Waals surface area contributed by atoms with Crippen LogP contribution in [-0.2, 0) is 6.54 Å². The molecule has 0 amide bonds. The lowest BCUT2D eigenvalue weighted by atomic mass is 10.2. The van der Waals surface area contributed by atoms with E-state index in [9.17, 15) is 0 Å². The standard InChI is InChI=1S/C17H19ClN4S/c18-15-2-1-3-16(12-15)20-17(23)22-10-8-21(9-11-22)13-14-4-6-19-7-5-14/h1-7,12H,8-11,13H2,(H,20,23). The molecule has 6 heteroatoms. The highest BCUT2D eigenvalue weighted by atomic mass is 35.5. The average molecular weight is 347 g/mol. The van der Waals surface area contributed by atoms with E-state index in [2.05, 4.69) is 32.2 Å². The van der Waals surface area contributed by atoms with Gasteiger partial charge in [-0.15, -0.1) is 0 Å². The Labute approximate surface area is 147 Å². The Hall–Kier alpha value is -1.69. The Morgan fingerprint density at radius 3 is 2.57 bits per heavy atom. The number of hydrogen-bond donors (Lipinski definition) is 1. The van der Waals surface area contributed by atoms with Gasteiger partial charge in [0.05, 0.1) is 0 Å². The molecule has 1 saturated heterocycles. The van der Waals surface area contributed by atoms with E-state index in [4.69, 9.17) is 23.8 Å². The zero-order valence-corrected chi connectivity index (χ0v) is 14.4. The van der Waals surface area contributed by atoms with Crippen LogP contribution in [0.4, 0.5) is 5.69 Å². The fraction of sp³-hybridized carbons (Fsp3) is 0.294. The summed E-state index contributed by atoms with van der Waals surface area (Å²) in [5.41, 5.74) is 2.23. The molecule has 2 aromatic rings. The van der Waals surface area contributed by atoms with E-state index in [-0.39, 0.29) is 0 Å². The van der Waals surface area contributed by atoms with Gasteiger partial charge in [-0.25, -0.2) is 0 Å². The second kappa shape index (κ2) is 7.73. The highest BCUT2D eigenvalue weighted by Gasteiger charge is 2.19. The van der Waals surface area contributed by atoms with Crippen LogP contribution < -0.4 is 5.32 Å². The average Bonchev–Trinajstić information content (AvgIpc) is 2.56. The van der Waals surface area contributed by atoms with Gasteiger partial charge < -0.3 is 10.2 Å². The Kier molecular flexibility index (Phi) is 5.43. The number of benzene rings is 1. The molecule has 1 aliphatic heterocycles. The maximum atomic E-state index is 6.00. The molecular weight excluding hydrogens is 328 g/mol. The summed E-state index contributed by atoms with van der Waals surface area (Å²) in [5.74, 6) is 0. The van der Waals surface area contributed by atoms with E-state index in [0.29, 0.717) is 5.02 Å². The molecule has 1 aromatic carbocycles. The molecule has 0 radical (unpaired) electrons. The third kappa shape index (κ3) is 4.64. The quantitative estimate of drug-likeness (QED) is 0.862. The van der Waals surface area contributed by atoms with E-state index in [1.807, 2.05) is 36.7 Å². The molecule has 3 rings (SSSR count). The maximum absolute atomic E-state index is 6.00. The Bertz CT molecular complexity index is 657. The Morgan fingerprint density at radius 2 is 1.87 bits per heavy atom. The summed E-state index contributed by atoms with van der Waals surface area (Å²) in [4.78, 5) is 8.70. The summed E-state index contributed by atoms with van der Waals surface area (Å²) in [6, 6.07) is 11.8. The van der Waals surface area contributed by atoms with Gasteiger partial charge >= 0.3 is 0 Å². The molecule has 1 aliphatic rings. The predicted octanol–water partition coefficient (Wildman–Crippen LogP) is 3.25. The second-order valence-electron chi connectivity index (χ2n) is 5.56. The molecule has 2 heterocycles. The summed E-state index contributed by atoms with van der Waals surface area (Å²) in [7, 11) is 0. The largest absolute Gasteiger partial charge is 0.346 e. The summed E-state index contributed by atoms with van der Waals surface area (Å²) < 4.78 is 0. The minimum Gasteiger partial charge on any atom is -0.346 e. The smallest absolute Gasteiger partial charge is 0.173 e. The SMILES string of the molecule is S=C(Nc1cccc(Cl)c1)N1CCN(Cc2ccncc2)CC1. The number of nitrogens with zero attached hydrogens (tertiary/aromatic N) is 3. The van der Waals surface area contributed by atoms with Crippen molar-refractivity contribution in [3.8, 4) is 0 Å². The van der Waals surface area contributed by atoms with Crippen molar-refractivity contribution >= 4 is 34.6 Å². The van der Waals surface area contributed by atoms with Gasteiger partial charge in [-0.3, -0.25) is 9.88 Å². The van der Waals surface area contributed by atoms with E-state index in [0.717, 1.165) is 43.5 Å². The minimum absolute atomic E-state index is 0.708. The van der Waals surface area contributed by atoms with Crippen molar-refractivity contribution in [1.29, 1.82) is 0 Å². The van der Waals surface area contributed by atoms with Crippen LogP contribution in [0, 0.1) is 0 Å². The lowest BCUT2D eigenvalue weighted by molar-refractivity contribution is 0.177. The van der Waals surface area contributed by atoms with E-state index >= 15 is 0 Å². The first-order chi connectivity index (χ1) is 11.2. The lowest BCUT2D eigenvalue weighted by Gasteiger charge is -2.36. The van der Waals surface area contributed by atoms with Gasteiger partial charge in [0.1, 0.15) is 0 Å². The fourth-order valence-electron chi connectivity index (χ4n) is 2.62. The van der Waals surface area contributed by atoms with Crippen molar-refractivity contribution in [2.45, 2.75) is 6.54 Å². The molecule has 1 fully saturated rings. The number of aromatic nitrogens is 1. The monoisotopic (exact) mass is 346 g/mol. The summed E-state index contributed by atoms with van der Waals surface area (Å²) in [5, 5.41) is 4.73. The number of piperazine rings is 1. The first-order valence-electron chi connectivity index (χ1n) is 7.63. The van der Waals surface area contributed by atoms with Crippen LogP contribution in [0.15, 0.2) is 48.8 Å². The van der Waals surface area contributed by atoms with Crippen LogP contribution in [0.3, 0.4) is 0 Å². The van der Waals surface area contributed by atoms with E-state index in [1.54, 1.807) is 0 Å². The number of thiocarbonyl (C=S) groups is 1. The minimum atomic E-state index is 0.708. The summed E-state index contributed by atoms with van der Waals surface area (Å²) in [6.45, 7) is 4.82. The number of nitrogens with one attached hydrogen (secondary N) is 1. The van der Waals surface area contributed by atoms with Crippen molar-refractivity contribution in [1.82, 2.24) is 14.8 Å². The van der Waals surface area contributed by atoms with Gasteiger partial charge in [0, 0.05) is 55.8 Å². The summed E-state index contributed by atoms with van der Waals surface area (Å²) in [6.07, 6.45) is 3.69. The van der Waals surface area contributed by atoms with Gasteiger partial charge in [-0.05, 0) is 48.1 Å². The van der Waals surface area contributed by atoms with Crippen LogP contribution in [0.25, 0.3) is 0 Å². The first kappa shape index (κ1) is 16.2. The third-order valence-electron chi connectivity index (χ3n) is 3.89. The van der Waals surface area contributed by atoms with Crippen LogP contribution in [-0.4, -0.2) is 46.1 Å². The van der Waals surface area contributed by atoms with Crippen molar-refractivity contribution in [2.75, 3.05) is 31.5 Å². The molecule has 120 valence electrons. The second-order valence-corrected chi connectivity index (χ2v) is 6.38. The predicted molar refractivity (Wildman–Crippen MR) is 98.8 cm³/mol. The molecule has 0 aliphatic carbocycles. The van der Waals surface area contributed by atoms with Crippen molar-refractivity contribution in [2.24, 2.45) is 0 Å². The zero-order valence-electron chi connectivity index (χ0n) is 12.8. The number of pyridine rings is 1. The topological polar surface area (TPSA) is 31.4 Å². The van der Waals surface area contributed by atoms with Gasteiger partial charge in [-0.2, -0.15) is 0 Å². The van der Waals surface area contributed by atoms with Crippen LogP contribution >= 0.6 is 23.8 Å². The van der Waals surface area contributed by atoms with Crippen LogP contribution in [0.2, 0.25) is 5.02 Å². The number of anilines is 1. The highest BCUT2D eigenvalue weighted by molar-refractivity contribution is 7.80. The highest BCUT2D eigenvalue weighted by Crippen LogP contribution is 2.16. The van der Waals surface area contributed by atoms with Crippen molar-refractivity contribution < 1.29 is 0 Å². The Morgan fingerprint density at radius 1 is 1.13 bits per heavy atom. The number of hydrogen-bond acceptors (Lipinski definition) is 3. The third-order valence-corrected chi connectivity index (χ3v) is 4.49. The molecule has 0 spiro atoms. The molecular formula is C17H19ClN4S. The molecule has 1 aromatic heterocycles. The van der Waals surface area contributed by atoms with Crippen molar-refractivity contribution in [3.05, 3.63) is 59.4 Å². The van der Waals surface area contributed by atoms with Crippen LogP contribution in [0.1, 0.15) is 5.56 Å². The molecule has 23 heavy (non-hydrogen) atoms. The normalized spacial score (nSPS) is 15.4. The molecule has 0 bridgehead atoms. The molecule has 0 unspecified atom stereocenters. The molecule has 0 saturated carbocycles. The number of halogens is 1. The van der Waals surface area contributed by atoms with Gasteiger partial charge in [0.25, 0.3) is 0 Å². The fourth-order valence-corrected chi connectivity index (χ4v) is 3.11.